The second-order valence-corrected chi connectivity index (χ2v) is 7.03. The maximum absolute atomic E-state index is 12.9. The molecule has 1 amide bonds. The molecule has 2 heterocycles. The van der Waals surface area contributed by atoms with E-state index in [-0.39, 0.29) is 11.8 Å². The van der Waals surface area contributed by atoms with E-state index in [1.54, 1.807) is 17.0 Å². The number of rotatable bonds is 7. The number of aromatic nitrogens is 2. The Kier molecular flexibility index (Phi) is 5.56. The van der Waals surface area contributed by atoms with Crippen molar-refractivity contribution in [3.8, 4) is 17.2 Å². The van der Waals surface area contributed by atoms with Gasteiger partial charge in [-0.2, -0.15) is 4.98 Å². The normalized spacial score (nSPS) is 13.6. The van der Waals surface area contributed by atoms with Gasteiger partial charge in [-0.1, -0.05) is 35.5 Å². The standard InChI is InChI=1S/C22H23N3O5/c1-27-17-10-15(11-18(28-2)20(17)29-3)22(26)25-12-16(13-25)21-23-19(24-30-21)9-14-7-5-4-6-8-14/h4-8,10-11,16H,9,12-13H2,1-3H3. The number of carbonyl (C=O) groups excluding carboxylic acids is 1. The van der Waals surface area contributed by atoms with Gasteiger partial charge in [-0.05, 0) is 17.7 Å². The van der Waals surface area contributed by atoms with E-state index in [1.165, 1.54) is 21.3 Å². The van der Waals surface area contributed by atoms with E-state index in [0.29, 0.717) is 54.0 Å². The van der Waals surface area contributed by atoms with Gasteiger partial charge in [0.05, 0.1) is 27.2 Å². The van der Waals surface area contributed by atoms with Crippen molar-refractivity contribution < 1.29 is 23.5 Å². The van der Waals surface area contributed by atoms with Crippen LogP contribution >= 0.6 is 0 Å². The van der Waals surface area contributed by atoms with Crippen molar-refractivity contribution in [1.29, 1.82) is 0 Å². The summed E-state index contributed by atoms with van der Waals surface area (Å²) in [4.78, 5) is 19.1. The summed E-state index contributed by atoms with van der Waals surface area (Å²) in [6.07, 6.45) is 0.616. The predicted molar refractivity (Wildman–Crippen MR) is 108 cm³/mol. The number of carbonyl (C=O) groups is 1. The molecule has 1 fully saturated rings. The minimum atomic E-state index is -0.116. The number of hydrogen-bond donors (Lipinski definition) is 0. The summed E-state index contributed by atoms with van der Waals surface area (Å²) in [6.45, 7) is 1.03. The van der Waals surface area contributed by atoms with Gasteiger partial charge >= 0.3 is 0 Å². The van der Waals surface area contributed by atoms with Crippen molar-refractivity contribution in [2.45, 2.75) is 12.3 Å². The van der Waals surface area contributed by atoms with Crippen LogP contribution in [-0.2, 0) is 6.42 Å². The van der Waals surface area contributed by atoms with E-state index >= 15 is 0 Å². The summed E-state index contributed by atoms with van der Waals surface area (Å²) in [5, 5.41) is 4.07. The van der Waals surface area contributed by atoms with Crippen LogP contribution in [0.15, 0.2) is 47.0 Å². The van der Waals surface area contributed by atoms with Gasteiger partial charge in [0.1, 0.15) is 0 Å². The van der Waals surface area contributed by atoms with E-state index in [0.717, 1.165) is 5.56 Å². The molecule has 0 bridgehead atoms. The molecule has 0 unspecified atom stereocenters. The van der Waals surface area contributed by atoms with Crippen molar-refractivity contribution in [1.82, 2.24) is 15.0 Å². The minimum Gasteiger partial charge on any atom is -0.493 e. The lowest BCUT2D eigenvalue weighted by Crippen LogP contribution is -2.48. The van der Waals surface area contributed by atoms with Gasteiger partial charge in [0.25, 0.3) is 5.91 Å². The number of methoxy groups -OCH3 is 3. The van der Waals surface area contributed by atoms with Crippen LogP contribution in [-0.4, -0.2) is 55.4 Å². The highest BCUT2D eigenvalue weighted by Gasteiger charge is 2.36. The maximum Gasteiger partial charge on any atom is 0.254 e. The average molecular weight is 409 g/mol. The second-order valence-electron chi connectivity index (χ2n) is 7.03. The Morgan fingerprint density at radius 1 is 1.07 bits per heavy atom. The van der Waals surface area contributed by atoms with Crippen molar-refractivity contribution in [3.05, 3.63) is 65.3 Å². The summed E-state index contributed by atoms with van der Waals surface area (Å²) >= 11 is 0. The third kappa shape index (κ3) is 3.80. The molecule has 8 heteroatoms. The lowest BCUT2D eigenvalue weighted by atomic mass is 9.98. The van der Waals surface area contributed by atoms with E-state index in [4.69, 9.17) is 18.7 Å². The van der Waals surface area contributed by atoms with Crippen molar-refractivity contribution >= 4 is 5.91 Å². The zero-order valence-electron chi connectivity index (χ0n) is 17.1. The summed E-state index contributed by atoms with van der Waals surface area (Å²) in [5.74, 6) is 2.47. The largest absolute Gasteiger partial charge is 0.493 e. The van der Waals surface area contributed by atoms with Gasteiger partial charge in [-0.25, -0.2) is 0 Å². The average Bonchev–Trinajstić information content (AvgIpc) is 3.19. The van der Waals surface area contributed by atoms with Gasteiger partial charge in [-0.3, -0.25) is 4.79 Å². The molecular formula is C22H23N3O5. The first-order chi connectivity index (χ1) is 14.6. The van der Waals surface area contributed by atoms with E-state index in [1.807, 2.05) is 30.3 Å². The molecule has 1 aliphatic heterocycles. The zero-order chi connectivity index (χ0) is 21.1. The number of ether oxygens (including phenoxy) is 3. The molecule has 4 rings (SSSR count). The van der Waals surface area contributed by atoms with Crippen LogP contribution in [0.1, 0.15) is 33.6 Å². The highest BCUT2D eigenvalue weighted by atomic mass is 16.5. The highest BCUT2D eigenvalue weighted by molar-refractivity contribution is 5.96. The molecule has 8 nitrogen and oxygen atoms in total. The van der Waals surface area contributed by atoms with Gasteiger partial charge < -0.3 is 23.6 Å². The predicted octanol–water partition coefficient (Wildman–Crippen LogP) is 2.93. The topological polar surface area (TPSA) is 86.9 Å². The van der Waals surface area contributed by atoms with Crippen LogP contribution in [0.2, 0.25) is 0 Å². The first-order valence-electron chi connectivity index (χ1n) is 9.58. The Bertz CT molecular complexity index is 1000. The molecule has 1 aromatic heterocycles. The van der Waals surface area contributed by atoms with Gasteiger partial charge in [-0.15, -0.1) is 0 Å². The zero-order valence-corrected chi connectivity index (χ0v) is 17.1. The van der Waals surface area contributed by atoms with Crippen LogP contribution in [0.3, 0.4) is 0 Å². The molecule has 30 heavy (non-hydrogen) atoms. The van der Waals surface area contributed by atoms with Crippen LogP contribution in [0, 0.1) is 0 Å². The van der Waals surface area contributed by atoms with Crippen LogP contribution in [0.5, 0.6) is 17.2 Å². The van der Waals surface area contributed by atoms with Gasteiger partial charge in [0.15, 0.2) is 17.3 Å². The summed E-state index contributed by atoms with van der Waals surface area (Å²) in [7, 11) is 4.57. The Morgan fingerprint density at radius 3 is 2.33 bits per heavy atom. The van der Waals surface area contributed by atoms with Crippen molar-refractivity contribution in [2.75, 3.05) is 34.4 Å². The first-order valence-corrected chi connectivity index (χ1v) is 9.58. The molecule has 0 spiro atoms. The number of amides is 1. The molecule has 0 radical (unpaired) electrons. The van der Waals surface area contributed by atoms with Crippen LogP contribution < -0.4 is 14.2 Å². The molecule has 0 atom stereocenters. The molecule has 2 aromatic carbocycles. The summed E-state index contributed by atoms with van der Waals surface area (Å²) in [5.41, 5.74) is 1.59. The lowest BCUT2D eigenvalue weighted by molar-refractivity contribution is 0.0568. The van der Waals surface area contributed by atoms with E-state index in [9.17, 15) is 4.79 Å². The van der Waals surface area contributed by atoms with E-state index < -0.39 is 0 Å². The Balaban J connectivity index is 1.41. The van der Waals surface area contributed by atoms with Crippen molar-refractivity contribution in [2.24, 2.45) is 0 Å². The molecule has 0 aliphatic carbocycles. The third-order valence-electron chi connectivity index (χ3n) is 5.12. The van der Waals surface area contributed by atoms with Gasteiger partial charge in [0.2, 0.25) is 11.6 Å². The number of nitrogens with zero attached hydrogens (tertiary/aromatic N) is 3. The monoisotopic (exact) mass is 409 g/mol. The minimum absolute atomic E-state index is 0.0352. The fourth-order valence-electron chi connectivity index (χ4n) is 3.47. The Morgan fingerprint density at radius 2 is 1.73 bits per heavy atom. The molecule has 0 saturated carbocycles. The maximum atomic E-state index is 12.9. The van der Waals surface area contributed by atoms with Gasteiger partial charge in [0, 0.05) is 25.1 Å². The third-order valence-corrected chi connectivity index (χ3v) is 5.12. The molecule has 1 saturated heterocycles. The smallest absolute Gasteiger partial charge is 0.254 e. The summed E-state index contributed by atoms with van der Waals surface area (Å²) in [6, 6.07) is 13.3. The van der Waals surface area contributed by atoms with Crippen LogP contribution in [0.4, 0.5) is 0 Å². The fraction of sp³-hybridized carbons (Fsp3) is 0.318. The molecule has 1 aliphatic rings. The highest BCUT2D eigenvalue weighted by Crippen LogP contribution is 2.39. The van der Waals surface area contributed by atoms with Crippen LogP contribution in [0.25, 0.3) is 0 Å². The Labute approximate surface area is 174 Å². The number of hydrogen-bond acceptors (Lipinski definition) is 7. The SMILES string of the molecule is COc1cc(C(=O)N2CC(c3nc(Cc4ccccc4)no3)C2)cc(OC)c1OC. The molecule has 3 aromatic rings. The quantitative estimate of drug-likeness (QED) is 0.593. The fourth-order valence-corrected chi connectivity index (χ4v) is 3.47. The van der Waals surface area contributed by atoms with E-state index in [2.05, 4.69) is 10.1 Å². The molecular weight excluding hydrogens is 386 g/mol. The molecule has 156 valence electrons. The summed E-state index contributed by atoms with van der Waals surface area (Å²) < 4.78 is 21.4. The number of benzene rings is 2. The van der Waals surface area contributed by atoms with Crippen molar-refractivity contribution in [3.63, 3.8) is 0 Å². The second kappa shape index (κ2) is 8.44. The number of likely N-dealkylation sites (tertiary alicyclic amines) is 1. The lowest BCUT2D eigenvalue weighted by Gasteiger charge is -2.37. The molecule has 0 N–H and O–H groups in total. The Hall–Kier alpha value is -3.55. The first kappa shape index (κ1) is 19.8.